The number of hydrogen-bond donors (Lipinski definition) is 2. The molecule has 0 radical (unpaired) electrons. The molecule has 154 valence electrons. The Balaban J connectivity index is 1.69. The first-order valence-corrected chi connectivity index (χ1v) is 8.77. The topological polar surface area (TPSA) is 89.7 Å². The van der Waals surface area contributed by atoms with E-state index in [0.717, 1.165) is 12.1 Å². The van der Waals surface area contributed by atoms with Crippen molar-refractivity contribution < 1.29 is 18.0 Å². The van der Waals surface area contributed by atoms with Crippen molar-refractivity contribution in [3.63, 3.8) is 0 Å². The maximum absolute atomic E-state index is 13.0. The molecule has 0 aliphatic carbocycles. The number of carbonyl (C=O) groups excluding carboxylic acids is 1. The van der Waals surface area contributed by atoms with Gasteiger partial charge in [0.05, 0.1) is 36.2 Å². The second kappa shape index (κ2) is 7.94. The molecule has 1 atom stereocenters. The second-order valence-corrected chi connectivity index (χ2v) is 6.52. The lowest BCUT2D eigenvalue weighted by Crippen LogP contribution is -2.36. The van der Waals surface area contributed by atoms with E-state index in [1.807, 2.05) is 0 Å². The van der Waals surface area contributed by atoms with Gasteiger partial charge in [0.25, 0.3) is 0 Å². The average Bonchev–Trinajstić information content (AvgIpc) is 3.25. The molecule has 11 heteroatoms. The first-order chi connectivity index (χ1) is 13.6. The molecule has 2 heterocycles. The number of halogens is 3. The van der Waals surface area contributed by atoms with Crippen LogP contribution >= 0.6 is 0 Å². The number of nitrogens with zero attached hydrogens (tertiary/aromatic N) is 5. The number of alkyl halides is 3. The standard InChI is InChI=1S/C18H20F3N7O/c1-11(25-17(29)22-8-14-9-23-27(3)26-14)16-10-24-28(12(16)2)15-6-4-5-13(7-15)18(19,20)21/h4-7,9-11H,8H2,1-3H3,(H2,22,25,29). The maximum Gasteiger partial charge on any atom is 0.416 e. The summed E-state index contributed by atoms with van der Waals surface area (Å²) in [5, 5.41) is 17.6. The van der Waals surface area contributed by atoms with E-state index in [4.69, 9.17) is 0 Å². The molecule has 0 aliphatic heterocycles. The number of aromatic nitrogens is 5. The first-order valence-electron chi connectivity index (χ1n) is 8.77. The highest BCUT2D eigenvalue weighted by Crippen LogP contribution is 2.31. The van der Waals surface area contributed by atoms with E-state index in [0.29, 0.717) is 22.6 Å². The van der Waals surface area contributed by atoms with Gasteiger partial charge in [-0.1, -0.05) is 6.07 Å². The highest BCUT2D eigenvalue weighted by molar-refractivity contribution is 5.74. The Labute approximate surface area is 164 Å². The zero-order chi connectivity index (χ0) is 21.2. The number of urea groups is 1. The van der Waals surface area contributed by atoms with E-state index in [2.05, 4.69) is 25.9 Å². The Kier molecular flexibility index (Phi) is 5.57. The van der Waals surface area contributed by atoms with Gasteiger partial charge in [0.1, 0.15) is 5.69 Å². The van der Waals surface area contributed by atoms with Crippen molar-refractivity contribution in [3.8, 4) is 5.69 Å². The van der Waals surface area contributed by atoms with Crippen LogP contribution in [0.3, 0.4) is 0 Å². The van der Waals surface area contributed by atoms with Crippen molar-refractivity contribution >= 4 is 6.03 Å². The Morgan fingerprint density at radius 3 is 2.66 bits per heavy atom. The summed E-state index contributed by atoms with van der Waals surface area (Å²) in [6.45, 7) is 3.72. The lowest BCUT2D eigenvalue weighted by molar-refractivity contribution is -0.137. The summed E-state index contributed by atoms with van der Waals surface area (Å²) < 4.78 is 40.3. The SMILES string of the molecule is Cc1c(C(C)NC(=O)NCc2cnn(C)n2)cnn1-c1cccc(C(F)(F)F)c1. The predicted octanol–water partition coefficient (Wildman–Crippen LogP) is 2.89. The molecule has 0 spiro atoms. The van der Waals surface area contributed by atoms with Gasteiger partial charge in [-0.25, -0.2) is 9.48 Å². The van der Waals surface area contributed by atoms with E-state index in [1.54, 1.807) is 33.2 Å². The van der Waals surface area contributed by atoms with Crippen LogP contribution in [0.25, 0.3) is 5.69 Å². The molecule has 29 heavy (non-hydrogen) atoms. The third-order valence-corrected chi connectivity index (χ3v) is 4.36. The Morgan fingerprint density at radius 2 is 2.00 bits per heavy atom. The lowest BCUT2D eigenvalue weighted by Gasteiger charge is -2.15. The van der Waals surface area contributed by atoms with E-state index in [9.17, 15) is 18.0 Å². The van der Waals surface area contributed by atoms with Crippen molar-refractivity contribution in [1.82, 2.24) is 35.4 Å². The van der Waals surface area contributed by atoms with Gasteiger partial charge in [-0.05, 0) is 32.0 Å². The summed E-state index contributed by atoms with van der Waals surface area (Å²) in [5.74, 6) is 0. The molecule has 3 rings (SSSR count). The minimum absolute atomic E-state index is 0.217. The number of carbonyl (C=O) groups is 1. The van der Waals surface area contributed by atoms with Gasteiger partial charge in [-0.3, -0.25) is 0 Å². The molecular formula is C18H20F3N7O. The zero-order valence-electron chi connectivity index (χ0n) is 16.0. The molecule has 1 aromatic carbocycles. The molecule has 1 unspecified atom stereocenters. The third-order valence-electron chi connectivity index (χ3n) is 4.36. The van der Waals surface area contributed by atoms with Gasteiger partial charge in [-0.15, -0.1) is 0 Å². The predicted molar refractivity (Wildman–Crippen MR) is 98.1 cm³/mol. The lowest BCUT2D eigenvalue weighted by atomic mass is 10.1. The molecule has 0 fully saturated rings. The zero-order valence-corrected chi connectivity index (χ0v) is 16.0. The molecule has 2 N–H and O–H groups in total. The summed E-state index contributed by atoms with van der Waals surface area (Å²) in [6.07, 6.45) is -1.36. The monoisotopic (exact) mass is 407 g/mol. The number of benzene rings is 1. The molecule has 2 aromatic heterocycles. The normalized spacial score (nSPS) is 12.6. The first kappa shape index (κ1) is 20.4. The van der Waals surface area contributed by atoms with Gasteiger partial charge in [-0.2, -0.15) is 33.3 Å². The molecule has 2 amide bonds. The summed E-state index contributed by atoms with van der Waals surface area (Å²) in [4.78, 5) is 13.5. The summed E-state index contributed by atoms with van der Waals surface area (Å²) in [6, 6.07) is 4.11. The molecular weight excluding hydrogens is 387 g/mol. The Bertz CT molecular complexity index is 1010. The van der Waals surface area contributed by atoms with Crippen LogP contribution in [0.2, 0.25) is 0 Å². The molecule has 0 bridgehead atoms. The molecule has 3 aromatic rings. The van der Waals surface area contributed by atoms with Crippen LogP contribution in [0, 0.1) is 6.92 Å². The van der Waals surface area contributed by atoms with Crippen molar-refractivity contribution in [2.45, 2.75) is 32.6 Å². The minimum atomic E-state index is -4.43. The van der Waals surface area contributed by atoms with Crippen LogP contribution in [0.15, 0.2) is 36.7 Å². The Morgan fingerprint density at radius 1 is 1.24 bits per heavy atom. The average molecular weight is 407 g/mol. The highest BCUT2D eigenvalue weighted by Gasteiger charge is 2.30. The van der Waals surface area contributed by atoms with E-state index in [-0.39, 0.29) is 6.54 Å². The smallest absolute Gasteiger partial charge is 0.332 e. The summed E-state index contributed by atoms with van der Waals surface area (Å²) >= 11 is 0. The maximum atomic E-state index is 13.0. The fraction of sp³-hybridized carbons (Fsp3) is 0.333. The fourth-order valence-corrected chi connectivity index (χ4v) is 2.89. The molecule has 8 nitrogen and oxygen atoms in total. The summed E-state index contributed by atoms with van der Waals surface area (Å²) in [7, 11) is 1.68. The van der Waals surface area contributed by atoms with E-state index >= 15 is 0 Å². The third kappa shape index (κ3) is 4.73. The van der Waals surface area contributed by atoms with E-state index < -0.39 is 23.8 Å². The number of rotatable bonds is 5. The number of amides is 2. The minimum Gasteiger partial charge on any atom is -0.332 e. The van der Waals surface area contributed by atoms with Crippen molar-refractivity contribution in [2.75, 3.05) is 0 Å². The number of aryl methyl sites for hydroxylation is 1. The van der Waals surface area contributed by atoms with Crippen LogP contribution in [0.1, 0.15) is 35.5 Å². The van der Waals surface area contributed by atoms with Crippen LogP contribution in [-0.4, -0.2) is 30.8 Å². The van der Waals surface area contributed by atoms with Crippen LogP contribution in [0.5, 0.6) is 0 Å². The Hall–Kier alpha value is -3.37. The largest absolute Gasteiger partial charge is 0.416 e. The van der Waals surface area contributed by atoms with Crippen molar-refractivity contribution in [1.29, 1.82) is 0 Å². The fourth-order valence-electron chi connectivity index (χ4n) is 2.89. The molecule has 0 aliphatic rings. The van der Waals surface area contributed by atoms with E-state index in [1.165, 1.54) is 21.7 Å². The van der Waals surface area contributed by atoms with Gasteiger partial charge in [0.15, 0.2) is 0 Å². The van der Waals surface area contributed by atoms with Gasteiger partial charge in [0, 0.05) is 18.3 Å². The number of hydrogen-bond acceptors (Lipinski definition) is 4. The molecule has 0 saturated heterocycles. The highest BCUT2D eigenvalue weighted by atomic mass is 19.4. The quantitative estimate of drug-likeness (QED) is 0.681. The second-order valence-electron chi connectivity index (χ2n) is 6.52. The van der Waals surface area contributed by atoms with Crippen LogP contribution in [-0.2, 0) is 19.8 Å². The number of nitrogens with one attached hydrogen (secondary N) is 2. The van der Waals surface area contributed by atoms with Crippen LogP contribution in [0.4, 0.5) is 18.0 Å². The van der Waals surface area contributed by atoms with Gasteiger partial charge < -0.3 is 10.6 Å². The van der Waals surface area contributed by atoms with Crippen molar-refractivity contribution in [2.24, 2.45) is 7.05 Å². The van der Waals surface area contributed by atoms with Crippen LogP contribution < -0.4 is 10.6 Å². The van der Waals surface area contributed by atoms with Gasteiger partial charge in [0.2, 0.25) is 0 Å². The molecule has 0 saturated carbocycles. The van der Waals surface area contributed by atoms with Crippen molar-refractivity contribution in [3.05, 3.63) is 59.2 Å². The summed E-state index contributed by atoms with van der Waals surface area (Å²) in [5.41, 5.74) is 1.48. The van der Waals surface area contributed by atoms with Gasteiger partial charge >= 0.3 is 12.2 Å².